The molecule has 0 aromatic heterocycles. The van der Waals surface area contributed by atoms with E-state index in [1.165, 1.54) is 25.7 Å². The lowest BCUT2D eigenvalue weighted by molar-refractivity contribution is -0.0881. The minimum Gasteiger partial charge on any atom is -0.395 e. The van der Waals surface area contributed by atoms with E-state index >= 15 is 0 Å². The van der Waals surface area contributed by atoms with Crippen LogP contribution >= 0.6 is 0 Å². The van der Waals surface area contributed by atoms with E-state index in [9.17, 15) is 0 Å². The normalized spacial score (nSPS) is 40.1. The van der Waals surface area contributed by atoms with Crippen LogP contribution in [0.25, 0.3) is 0 Å². The molecule has 0 aliphatic heterocycles. The first kappa shape index (κ1) is 10.4. The van der Waals surface area contributed by atoms with Gasteiger partial charge in [0.05, 0.1) is 6.61 Å². The summed E-state index contributed by atoms with van der Waals surface area (Å²) in [4.78, 5) is 0. The predicted octanol–water partition coefficient (Wildman–Crippen LogP) is 1.78. The first-order valence-corrected chi connectivity index (χ1v) is 6.02. The summed E-state index contributed by atoms with van der Waals surface area (Å²) in [7, 11) is 0. The molecule has 0 amide bonds. The zero-order valence-electron chi connectivity index (χ0n) is 9.42. The van der Waals surface area contributed by atoms with Gasteiger partial charge in [-0.2, -0.15) is 0 Å². The van der Waals surface area contributed by atoms with Gasteiger partial charge in [-0.3, -0.25) is 0 Å². The summed E-state index contributed by atoms with van der Waals surface area (Å²) in [6, 6.07) is 0.653. The van der Waals surface area contributed by atoms with Crippen molar-refractivity contribution >= 4 is 0 Å². The van der Waals surface area contributed by atoms with Gasteiger partial charge in [-0.25, -0.2) is 0 Å². The molecule has 1 unspecified atom stereocenters. The van der Waals surface area contributed by atoms with E-state index in [4.69, 9.17) is 5.11 Å². The lowest BCUT2D eigenvalue weighted by atomic mass is 9.48. The van der Waals surface area contributed by atoms with Gasteiger partial charge in [0.2, 0.25) is 0 Å². The molecule has 0 heterocycles. The van der Waals surface area contributed by atoms with Crippen LogP contribution in [-0.2, 0) is 0 Å². The highest BCUT2D eigenvalue weighted by Crippen LogP contribution is 2.56. The van der Waals surface area contributed by atoms with Crippen LogP contribution in [0.3, 0.4) is 0 Å². The Morgan fingerprint density at radius 2 is 2.00 bits per heavy atom. The number of rotatable bonds is 3. The summed E-state index contributed by atoms with van der Waals surface area (Å²) in [5.74, 6) is 1.83. The van der Waals surface area contributed by atoms with Crippen molar-refractivity contribution in [1.82, 2.24) is 5.32 Å². The fraction of sp³-hybridized carbons (Fsp3) is 1.00. The highest BCUT2D eigenvalue weighted by molar-refractivity contribution is 5.08. The zero-order valence-corrected chi connectivity index (χ0v) is 9.42. The van der Waals surface area contributed by atoms with Gasteiger partial charge in [0, 0.05) is 12.6 Å². The van der Waals surface area contributed by atoms with E-state index in [0.717, 1.165) is 18.4 Å². The number of hydrogen-bond acceptors (Lipinski definition) is 2. The zero-order chi connectivity index (χ0) is 10.2. The Kier molecular flexibility index (Phi) is 2.85. The van der Waals surface area contributed by atoms with E-state index < -0.39 is 0 Å². The third-order valence-corrected chi connectivity index (χ3v) is 4.48. The molecule has 0 aromatic carbocycles. The summed E-state index contributed by atoms with van der Waals surface area (Å²) in [6.45, 7) is 5.80. The van der Waals surface area contributed by atoms with Crippen LogP contribution in [0, 0.1) is 17.3 Å². The van der Waals surface area contributed by atoms with Crippen molar-refractivity contribution in [3.05, 3.63) is 0 Å². The molecule has 2 rings (SSSR count). The van der Waals surface area contributed by atoms with E-state index in [-0.39, 0.29) is 6.61 Å². The number of hydrogen-bond donors (Lipinski definition) is 2. The molecule has 2 fully saturated rings. The SMILES string of the molecule is CC1(C)C(NCCO)[C@@H]2CCCC[C@@H]21. The molecule has 0 aromatic rings. The maximum atomic E-state index is 8.84. The summed E-state index contributed by atoms with van der Waals surface area (Å²) in [5, 5.41) is 12.3. The highest BCUT2D eigenvalue weighted by atomic mass is 16.3. The fourth-order valence-corrected chi connectivity index (χ4v) is 3.78. The number of aliphatic hydroxyl groups is 1. The first-order chi connectivity index (χ1) is 6.68. The average Bonchev–Trinajstić information content (AvgIpc) is 2.18. The number of nitrogens with one attached hydrogen (secondary N) is 1. The Labute approximate surface area is 87.1 Å². The molecule has 0 radical (unpaired) electrons. The van der Waals surface area contributed by atoms with Crippen molar-refractivity contribution in [2.45, 2.75) is 45.6 Å². The van der Waals surface area contributed by atoms with Crippen molar-refractivity contribution in [3.63, 3.8) is 0 Å². The minimum absolute atomic E-state index is 0.268. The quantitative estimate of drug-likeness (QED) is 0.723. The molecule has 2 heteroatoms. The van der Waals surface area contributed by atoms with E-state index in [2.05, 4.69) is 19.2 Å². The number of fused-ring (bicyclic) bond motifs is 1. The molecule has 0 saturated heterocycles. The monoisotopic (exact) mass is 197 g/mol. The molecular weight excluding hydrogens is 174 g/mol. The van der Waals surface area contributed by atoms with Gasteiger partial charge < -0.3 is 10.4 Å². The standard InChI is InChI=1S/C12H23NO/c1-12(2)10-6-4-3-5-9(10)11(12)13-7-8-14/h9-11,13-14H,3-8H2,1-2H3/t9-,10+,11?/m1/s1. The van der Waals surface area contributed by atoms with Crippen LogP contribution in [0.2, 0.25) is 0 Å². The molecule has 2 saturated carbocycles. The lowest BCUT2D eigenvalue weighted by Crippen LogP contribution is -2.65. The fourth-order valence-electron chi connectivity index (χ4n) is 3.78. The Hall–Kier alpha value is -0.0800. The molecule has 0 spiro atoms. The summed E-state index contributed by atoms with van der Waals surface area (Å²) < 4.78 is 0. The molecule has 2 aliphatic rings. The second-order valence-corrected chi connectivity index (χ2v) is 5.53. The first-order valence-electron chi connectivity index (χ1n) is 6.02. The van der Waals surface area contributed by atoms with Crippen molar-refractivity contribution in [3.8, 4) is 0 Å². The molecular formula is C12H23NO. The van der Waals surface area contributed by atoms with Crippen LogP contribution in [0.5, 0.6) is 0 Å². The third-order valence-electron chi connectivity index (χ3n) is 4.48. The lowest BCUT2D eigenvalue weighted by Gasteiger charge is -2.61. The Morgan fingerprint density at radius 1 is 1.29 bits per heavy atom. The van der Waals surface area contributed by atoms with Crippen molar-refractivity contribution < 1.29 is 5.11 Å². The molecule has 14 heavy (non-hydrogen) atoms. The molecule has 0 bridgehead atoms. The van der Waals surface area contributed by atoms with Crippen LogP contribution in [0.1, 0.15) is 39.5 Å². The summed E-state index contributed by atoms with van der Waals surface area (Å²) in [5.41, 5.74) is 0.459. The molecule has 3 atom stereocenters. The topological polar surface area (TPSA) is 32.3 Å². The molecule has 82 valence electrons. The molecule has 2 aliphatic carbocycles. The van der Waals surface area contributed by atoms with Crippen molar-refractivity contribution in [2.75, 3.05) is 13.2 Å². The van der Waals surface area contributed by atoms with Gasteiger partial charge in [0.15, 0.2) is 0 Å². The second kappa shape index (κ2) is 3.82. The third kappa shape index (κ3) is 1.49. The van der Waals surface area contributed by atoms with Crippen LogP contribution in [0.4, 0.5) is 0 Å². The van der Waals surface area contributed by atoms with Crippen LogP contribution in [-0.4, -0.2) is 24.3 Å². The highest BCUT2D eigenvalue weighted by Gasteiger charge is 2.55. The van der Waals surface area contributed by atoms with Crippen molar-refractivity contribution in [1.29, 1.82) is 0 Å². The second-order valence-electron chi connectivity index (χ2n) is 5.53. The smallest absolute Gasteiger partial charge is 0.0556 e. The largest absolute Gasteiger partial charge is 0.395 e. The maximum absolute atomic E-state index is 8.84. The maximum Gasteiger partial charge on any atom is 0.0556 e. The van der Waals surface area contributed by atoms with E-state index in [0.29, 0.717) is 11.5 Å². The van der Waals surface area contributed by atoms with Crippen molar-refractivity contribution in [2.24, 2.45) is 17.3 Å². The van der Waals surface area contributed by atoms with Gasteiger partial charge in [-0.1, -0.05) is 26.7 Å². The summed E-state index contributed by atoms with van der Waals surface area (Å²) in [6.07, 6.45) is 5.66. The minimum atomic E-state index is 0.268. The summed E-state index contributed by atoms with van der Waals surface area (Å²) >= 11 is 0. The van der Waals surface area contributed by atoms with Gasteiger partial charge in [-0.15, -0.1) is 0 Å². The Bertz CT molecular complexity index is 202. The Balaban J connectivity index is 1.95. The average molecular weight is 197 g/mol. The predicted molar refractivity (Wildman–Crippen MR) is 58.1 cm³/mol. The van der Waals surface area contributed by atoms with E-state index in [1.807, 2.05) is 0 Å². The van der Waals surface area contributed by atoms with Gasteiger partial charge >= 0.3 is 0 Å². The Morgan fingerprint density at radius 3 is 2.71 bits per heavy atom. The van der Waals surface area contributed by atoms with Gasteiger partial charge in [-0.05, 0) is 30.1 Å². The molecule has 2 nitrogen and oxygen atoms in total. The van der Waals surface area contributed by atoms with Crippen LogP contribution < -0.4 is 5.32 Å². The van der Waals surface area contributed by atoms with Gasteiger partial charge in [0.25, 0.3) is 0 Å². The molecule has 2 N–H and O–H groups in total. The van der Waals surface area contributed by atoms with Crippen LogP contribution in [0.15, 0.2) is 0 Å². The van der Waals surface area contributed by atoms with E-state index in [1.54, 1.807) is 0 Å². The van der Waals surface area contributed by atoms with Gasteiger partial charge in [0.1, 0.15) is 0 Å². The number of aliphatic hydroxyl groups excluding tert-OH is 1.